The minimum Gasteiger partial charge on any atom is -0.336 e. The van der Waals surface area contributed by atoms with E-state index in [-0.39, 0.29) is 11.7 Å². The zero-order valence-corrected chi connectivity index (χ0v) is 14.0. The van der Waals surface area contributed by atoms with Gasteiger partial charge >= 0.3 is 0 Å². The first kappa shape index (κ1) is 15.6. The summed E-state index contributed by atoms with van der Waals surface area (Å²) in [6, 6.07) is 7.18. The van der Waals surface area contributed by atoms with Crippen LogP contribution in [0, 0.1) is 5.82 Å². The van der Waals surface area contributed by atoms with Crippen molar-refractivity contribution in [1.29, 1.82) is 0 Å². The molecular formula is C17H19FN4OS. The monoisotopic (exact) mass is 346 g/mol. The van der Waals surface area contributed by atoms with Crippen LogP contribution in [0.5, 0.6) is 0 Å². The van der Waals surface area contributed by atoms with E-state index in [1.165, 1.54) is 23.9 Å². The number of hydrogen-bond acceptors (Lipinski definition) is 4. The number of rotatable bonds is 4. The number of carbonyl (C=O) groups is 1. The first-order chi connectivity index (χ1) is 11.7. The Bertz CT molecular complexity index is 692. The van der Waals surface area contributed by atoms with Crippen molar-refractivity contribution in [2.45, 2.75) is 48.7 Å². The second-order valence-corrected chi connectivity index (χ2v) is 7.45. The highest BCUT2D eigenvalue weighted by Crippen LogP contribution is 2.40. The number of halogens is 1. The number of fused-ring (bicyclic) bond motifs is 2. The molecule has 1 aromatic carbocycles. The van der Waals surface area contributed by atoms with Gasteiger partial charge in [0.25, 0.3) is 0 Å². The standard InChI is InChI=1S/C17H19FN4OS/c18-12-1-5-16(6-2-12)24-11-17(23)21-13-3-4-14(21)10-15(9-13)22-19-7-8-20-22/h1-2,5-8,13-15H,3-4,9-11H2/t13-,14-/m0/s1. The Kier molecular flexibility index (Phi) is 4.26. The molecule has 24 heavy (non-hydrogen) atoms. The summed E-state index contributed by atoms with van der Waals surface area (Å²) >= 11 is 1.47. The number of hydrogen-bond donors (Lipinski definition) is 0. The average molecular weight is 346 g/mol. The lowest BCUT2D eigenvalue weighted by Gasteiger charge is -2.38. The number of carbonyl (C=O) groups excluding carboxylic acids is 1. The molecule has 0 radical (unpaired) electrons. The SMILES string of the molecule is O=C(CSc1ccc(F)cc1)N1[C@H]2CC[C@H]1CC(n1nccn1)C2. The molecule has 0 aliphatic carbocycles. The molecule has 0 unspecified atom stereocenters. The molecule has 2 aromatic rings. The summed E-state index contributed by atoms with van der Waals surface area (Å²) in [5, 5.41) is 8.51. The molecular weight excluding hydrogens is 327 g/mol. The van der Waals surface area contributed by atoms with E-state index in [4.69, 9.17) is 0 Å². The molecule has 2 aliphatic heterocycles. The molecule has 2 aliphatic rings. The maximum Gasteiger partial charge on any atom is 0.233 e. The van der Waals surface area contributed by atoms with Gasteiger partial charge in [-0.2, -0.15) is 15.0 Å². The summed E-state index contributed by atoms with van der Waals surface area (Å²) in [5.41, 5.74) is 0. The average Bonchev–Trinajstić information content (AvgIpc) is 3.21. The van der Waals surface area contributed by atoms with Crippen LogP contribution in [0.4, 0.5) is 4.39 Å². The van der Waals surface area contributed by atoms with Crippen LogP contribution in [0.15, 0.2) is 41.6 Å². The Balaban J connectivity index is 1.38. The lowest BCUT2D eigenvalue weighted by atomic mass is 9.98. The van der Waals surface area contributed by atoms with Crippen LogP contribution in [-0.2, 0) is 4.79 Å². The van der Waals surface area contributed by atoms with E-state index in [2.05, 4.69) is 15.1 Å². The van der Waals surface area contributed by atoms with Crippen LogP contribution in [0.1, 0.15) is 31.7 Å². The zero-order chi connectivity index (χ0) is 16.5. The number of thioether (sulfide) groups is 1. The zero-order valence-electron chi connectivity index (χ0n) is 13.2. The maximum atomic E-state index is 12.9. The number of aromatic nitrogens is 3. The minimum atomic E-state index is -0.252. The first-order valence-corrected chi connectivity index (χ1v) is 9.24. The van der Waals surface area contributed by atoms with Crippen molar-refractivity contribution < 1.29 is 9.18 Å². The molecule has 2 atom stereocenters. The van der Waals surface area contributed by atoms with Gasteiger partial charge in [0.05, 0.1) is 24.2 Å². The van der Waals surface area contributed by atoms with Gasteiger partial charge in [0.15, 0.2) is 0 Å². The summed E-state index contributed by atoms with van der Waals surface area (Å²) in [7, 11) is 0. The van der Waals surface area contributed by atoms with E-state index in [1.54, 1.807) is 29.3 Å². The van der Waals surface area contributed by atoms with Gasteiger partial charge < -0.3 is 4.90 Å². The quantitative estimate of drug-likeness (QED) is 0.799. The van der Waals surface area contributed by atoms with Crippen molar-refractivity contribution in [3.05, 3.63) is 42.5 Å². The molecule has 5 nitrogen and oxygen atoms in total. The third-order valence-corrected chi connectivity index (χ3v) is 5.93. The molecule has 2 saturated heterocycles. The lowest BCUT2D eigenvalue weighted by molar-refractivity contribution is -0.133. The fourth-order valence-corrected chi connectivity index (χ4v) is 4.68. The van der Waals surface area contributed by atoms with Crippen LogP contribution in [0.2, 0.25) is 0 Å². The van der Waals surface area contributed by atoms with Crippen LogP contribution >= 0.6 is 11.8 Å². The van der Waals surface area contributed by atoms with Gasteiger partial charge in [-0.3, -0.25) is 4.79 Å². The van der Waals surface area contributed by atoms with E-state index >= 15 is 0 Å². The molecule has 7 heteroatoms. The number of nitrogens with zero attached hydrogens (tertiary/aromatic N) is 4. The van der Waals surface area contributed by atoms with Gasteiger partial charge in [-0.1, -0.05) is 0 Å². The fraction of sp³-hybridized carbons (Fsp3) is 0.471. The highest BCUT2D eigenvalue weighted by Gasteiger charge is 2.43. The predicted octanol–water partition coefficient (Wildman–Crippen LogP) is 2.90. The van der Waals surface area contributed by atoms with Crippen molar-refractivity contribution in [3.8, 4) is 0 Å². The molecule has 3 heterocycles. The van der Waals surface area contributed by atoms with Crippen LogP contribution in [0.3, 0.4) is 0 Å². The van der Waals surface area contributed by atoms with E-state index in [9.17, 15) is 9.18 Å². The summed E-state index contributed by atoms with van der Waals surface area (Å²) in [4.78, 5) is 17.5. The van der Waals surface area contributed by atoms with E-state index in [0.717, 1.165) is 30.6 Å². The van der Waals surface area contributed by atoms with E-state index in [0.29, 0.717) is 23.9 Å². The third kappa shape index (κ3) is 3.05. The van der Waals surface area contributed by atoms with Gasteiger partial charge in [-0.05, 0) is 49.9 Å². The molecule has 0 saturated carbocycles. The van der Waals surface area contributed by atoms with Crippen molar-refractivity contribution in [1.82, 2.24) is 19.9 Å². The van der Waals surface area contributed by atoms with Crippen molar-refractivity contribution in [3.63, 3.8) is 0 Å². The van der Waals surface area contributed by atoms with Gasteiger partial charge in [-0.15, -0.1) is 11.8 Å². The molecule has 1 aromatic heterocycles. The molecule has 126 valence electrons. The van der Waals surface area contributed by atoms with Crippen molar-refractivity contribution >= 4 is 17.7 Å². The van der Waals surface area contributed by atoms with E-state index in [1.807, 2.05) is 0 Å². The molecule has 1 amide bonds. The Morgan fingerprint density at radius 1 is 1.08 bits per heavy atom. The minimum absolute atomic E-state index is 0.184. The topological polar surface area (TPSA) is 51.0 Å². The molecule has 0 spiro atoms. The molecule has 2 fully saturated rings. The lowest BCUT2D eigenvalue weighted by Crippen LogP contribution is -2.47. The molecule has 4 rings (SSSR count). The second-order valence-electron chi connectivity index (χ2n) is 6.40. The molecule has 0 N–H and O–H groups in total. The second kappa shape index (κ2) is 6.55. The first-order valence-electron chi connectivity index (χ1n) is 8.26. The van der Waals surface area contributed by atoms with Gasteiger partial charge in [0.1, 0.15) is 5.82 Å². The number of piperidine rings is 1. The van der Waals surface area contributed by atoms with Crippen LogP contribution < -0.4 is 0 Å². The Hall–Kier alpha value is -1.89. The largest absolute Gasteiger partial charge is 0.336 e. The van der Waals surface area contributed by atoms with Crippen molar-refractivity contribution in [2.75, 3.05) is 5.75 Å². The summed E-state index contributed by atoms with van der Waals surface area (Å²) < 4.78 is 12.9. The molecule has 2 bridgehead atoms. The number of amides is 1. The summed E-state index contributed by atoms with van der Waals surface area (Å²) in [6.45, 7) is 0. The summed E-state index contributed by atoms with van der Waals surface area (Å²) in [5.74, 6) is 0.338. The summed E-state index contributed by atoms with van der Waals surface area (Å²) in [6.07, 6.45) is 7.40. The Morgan fingerprint density at radius 3 is 2.33 bits per heavy atom. The van der Waals surface area contributed by atoms with Crippen molar-refractivity contribution in [2.24, 2.45) is 0 Å². The van der Waals surface area contributed by atoms with Gasteiger partial charge in [0.2, 0.25) is 5.91 Å². The van der Waals surface area contributed by atoms with E-state index < -0.39 is 0 Å². The van der Waals surface area contributed by atoms with Crippen LogP contribution in [0.25, 0.3) is 0 Å². The normalized spacial score (nSPS) is 25.9. The predicted molar refractivity (Wildman–Crippen MR) is 89.1 cm³/mol. The maximum absolute atomic E-state index is 12.9. The smallest absolute Gasteiger partial charge is 0.233 e. The fourth-order valence-electron chi connectivity index (χ4n) is 3.91. The van der Waals surface area contributed by atoms with Gasteiger partial charge in [0, 0.05) is 17.0 Å². The Labute approximate surface area is 144 Å². The van der Waals surface area contributed by atoms with Gasteiger partial charge in [-0.25, -0.2) is 4.39 Å². The Morgan fingerprint density at radius 2 is 1.71 bits per heavy atom. The highest BCUT2D eigenvalue weighted by atomic mass is 32.2. The number of benzene rings is 1. The van der Waals surface area contributed by atoms with Crippen LogP contribution in [-0.4, -0.2) is 43.6 Å². The highest BCUT2D eigenvalue weighted by molar-refractivity contribution is 8.00. The third-order valence-electron chi connectivity index (χ3n) is 4.94.